The quantitative estimate of drug-likeness (QED) is 0.725. The van der Waals surface area contributed by atoms with Crippen LogP contribution in [0.5, 0.6) is 0 Å². The Bertz CT molecular complexity index is 589. The molecule has 0 spiro atoms. The number of hydrogen-bond acceptors (Lipinski definition) is 2. The van der Waals surface area contributed by atoms with E-state index < -0.39 is 10.2 Å². The smallest absolute Gasteiger partial charge is 0.274 e. The van der Waals surface area contributed by atoms with Crippen molar-refractivity contribution in [3.05, 3.63) is 36.0 Å². The zero-order valence-corrected chi connectivity index (χ0v) is 9.42. The predicted octanol–water partition coefficient (Wildman–Crippen LogP) is 0.504. The Morgan fingerprint density at radius 1 is 1.31 bits per heavy atom. The van der Waals surface area contributed by atoms with E-state index in [2.05, 4.69) is 9.71 Å². The fourth-order valence-corrected chi connectivity index (χ4v) is 2.05. The van der Waals surface area contributed by atoms with Crippen molar-refractivity contribution in [2.24, 2.45) is 5.14 Å². The van der Waals surface area contributed by atoms with Crippen LogP contribution in [0.25, 0.3) is 10.9 Å². The normalized spacial score (nSPS) is 12.1. The van der Waals surface area contributed by atoms with E-state index in [-0.39, 0.29) is 0 Å². The van der Waals surface area contributed by atoms with Gasteiger partial charge < -0.3 is 4.98 Å². The van der Waals surface area contributed by atoms with Crippen molar-refractivity contribution in [1.29, 1.82) is 0 Å². The van der Waals surface area contributed by atoms with Crippen LogP contribution in [0.2, 0.25) is 0 Å². The minimum absolute atomic E-state index is 0.306. The first-order valence-corrected chi connectivity index (χ1v) is 6.43. The van der Waals surface area contributed by atoms with Crippen LogP contribution in [0, 0.1) is 0 Å². The lowest BCUT2D eigenvalue weighted by Crippen LogP contribution is -2.32. The lowest BCUT2D eigenvalue weighted by atomic mass is 10.1. The summed E-state index contributed by atoms with van der Waals surface area (Å²) in [6.07, 6.45) is 2.50. The van der Waals surface area contributed by atoms with E-state index in [9.17, 15) is 8.42 Å². The highest BCUT2D eigenvalue weighted by Crippen LogP contribution is 2.17. The van der Waals surface area contributed by atoms with Gasteiger partial charge in [0.15, 0.2) is 0 Å². The van der Waals surface area contributed by atoms with Crippen LogP contribution >= 0.6 is 0 Å². The Morgan fingerprint density at radius 2 is 2.06 bits per heavy atom. The van der Waals surface area contributed by atoms with Crippen LogP contribution in [0.15, 0.2) is 30.5 Å². The maximum absolute atomic E-state index is 10.7. The molecule has 86 valence electrons. The topological polar surface area (TPSA) is 88.0 Å². The fourth-order valence-electron chi connectivity index (χ4n) is 1.67. The van der Waals surface area contributed by atoms with Gasteiger partial charge in [-0.1, -0.05) is 18.2 Å². The van der Waals surface area contributed by atoms with Crippen molar-refractivity contribution in [1.82, 2.24) is 9.71 Å². The summed E-state index contributed by atoms with van der Waals surface area (Å²) >= 11 is 0. The summed E-state index contributed by atoms with van der Waals surface area (Å²) < 4.78 is 23.6. The number of nitrogens with one attached hydrogen (secondary N) is 2. The molecule has 2 rings (SSSR count). The first-order valence-electron chi connectivity index (χ1n) is 4.88. The number of hydrogen-bond donors (Lipinski definition) is 3. The van der Waals surface area contributed by atoms with Gasteiger partial charge in [-0.15, -0.1) is 0 Å². The molecule has 4 N–H and O–H groups in total. The standard InChI is InChI=1S/C10H13N3O2S/c11-16(14,15)13-6-5-8-7-12-10-4-2-1-3-9(8)10/h1-4,7,12-13H,5-6H2,(H2,11,14,15). The molecule has 0 fully saturated rings. The van der Waals surface area contributed by atoms with Crippen LogP contribution in [0.4, 0.5) is 0 Å². The minimum Gasteiger partial charge on any atom is -0.361 e. The summed E-state index contributed by atoms with van der Waals surface area (Å²) in [5.41, 5.74) is 2.12. The van der Waals surface area contributed by atoms with E-state index in [0.717, 1.165) is 16.5 Å². The molecule has 2 aromatic rings. The zero-order chi connectivity index (χ0) is 11.6. The van der Waals surface area contributed by atoms with E-state index in [4.69, 9.17) is 5.14 Å². The van der Waals surface area contributed by atoms with E-state index in [1.54, 1.807) is 0 Å². The van der Waals surface area contributed by atoms with Gasteiger partial charge in [0.1, 0.15) is 0 Å². The molecule has 0 amide bonds. The molecule has 0 aliphatic carbocycles. The van der Waals surface area contributed by atoms with E-state index in [1.165, 1.54) is 0 Å². The average molecular weight is 239 g/mol. The Balaban J connectivity index is 2.10. The summed E-state index contributed by atoms with van der Waals surface area (Å²) in [6.45, 7) is 0.306. The summed E-state index contributed by atoms with van der Waals surface area (Å²) in [6, 6.07) is 7.88. The Kier molecular flexibility index (Phi) is 2.95. The lowest BCUT2D eigenvalue weighted by molar-refractivity contribution is 0.583. The van der Waals surface area contributed by atoms with Gasteiger partial charge in [0, 0.05) is 23.6 Å². The van der Waals surface area contributed by atoms with Crippen molar-refractivity contribution in [2.75, 3.05) is 6.54 Å². The third-order valence-electron chi connectivity index (χ3n) is 2.37. The van der Waals surface area contributed by atoms with Crippen molar-refractivity contribution in [3.8, 4) is 0 Å². The number of H-pyrrole nitrogens is 1. The zero-order valence-electron chi connectivity index (χ0n) is 8.60. The number of fused-ring (bicyclic) bond motifs is 1. The molecule has 0 atom stereocenters. The lowest BCUT2D eigenvalue weighted by Gasteiger charge is -2.00. The maximum atomic E-state index is 10.7. The molecule has 1 heterocycles. The monoisotopic (exact) mass is 239 g/mol. The van der Waals surface area contributed by atoms with Crippen LogP contribution in [-0.4, -0.2) is 19.9 Å². The van der Waals surface area contributed by atoms with Crippen LogP contribution in [0.3, 0.4) is 0 Å². The molecular formula is C10H13N3O2S. The molecule has 1 aromatic heterocycles. The highest BCUT2D eigenvalue weighted by atomic mass is 32.2. The van der Waals surface area contributed by atoms with Gasteiger partial charge in [-0.05, 0) is 18.1 Å². The third kappa shape index (κ3) is 2.60. The maximum Gasteiger partial charge on any atom is 0.274 e. The molecule has 0 saturated heterocycles. The second-order valence-electron chi connectivity index (χ2n) is 3.55. The minimum atomic E-state index is -3.59. The molecule has 0 aliphatic rings. The molecule has 0 unspecified atom stereocenters. The average Bonchev–Trinajstić information content (AvgIpc) is 2.60. The SMILES string of the molecule is NS(=O)(=O)NCCc1c[nH]c2ccccc12. The Hall–Kier alpha value is -1.37. The van der Waals surface area contributed by atoms with Gasteiger partial charge in [-0.3, -0.25) is 0 Å². The van der Waals surface area contributed by atoms with Gasteiger partial charge >= 0.3 is 0 Å². The number of aromatic amines is 1. The molecule has 5 nitrogen and oxygen atoms in total. The molecule has 6 heteroatoms. The molecule has 0 radical (unpaired) electrons. The highest BCUT2D eigenvalue weighted by Gasteiger charge is 2.04. The van der Waals surface area contributed by atoms with Crippen LogP contribution < -0.4 is 9.86 Å². The molecule has 16 heavy (non-hydrogen) atoms. The number of benzene rings is 1. The number of aromatic nitrogens is 1. The van der Waals surface area contributed by atoms with Crippen LogP contribution in [0.1, 0.15) is 5.56 Å². The van der Waals surface area contributed by atoms with Crippen molar-refractivity contribution >= 4 is 21.1 Å². The summed E-state index contributed by atoms with van der Waals surface area (Å²) in [5.74, 6) is 0. The molecule has 0 bridgehead atoms. The third-order valence-corrected chi connectivity index (χ3v) is 2.98. The first-order chi connectivity index (χ1) is 7.56. The molecule has 1 aromatic carbocycles. The fraction of sp³-hybridized carbons (Fsp3) is 0.200. The number of para-hydroxylation sites is 1. The van der Waals surface area contributed by atoms with Gasteiger partial charge in [-0.25, -0.2) is 9.86 Å². The van der Waals surface area contributed by atoms with Gasteiger partial charge in [0.05, 0.1) is 0 Å². The summed E-state index contributed by atoms with van der Waals surface area (Å²) in [7, 11) is -3.59. The predicted molar refractivity (Wildman–Crippen MR) is 63.1 cm³/mol. The van der Waals surface area contributed by atoms with Crippen molar-refractivity contribution in [2.45, 2.75) is 6.42 Å². The molecular weight excluding hydrogens is 226 g/mol. The van der Waals surface area contributed by atoms with Gasteiger partial charge in [0.25, 0.3) is 10.2 Å². The second-order valence-corrected chi connectivity index (χ2v) is 4.93. The molecule has 0 saturated carbocycles. The number of rotatable bonds is 4. The Morgan fingerprint density at radius 3 is 2.81 bits per heavy atom. The summed E-state index contributed by atoms with van der Waals surface area (Å²) in [5, 5.41) is 5.95. The Labute approximate surface area is 93.8 Å². The van der Waals surface area contributed by atoms with E-state index in [1.807, 2.05) is 30.5 Å². The second kappa shape index (κ2) is 4.25. The largest absolute Gasteiger partial charge is 0.361 e. The van der Waals surface area contributed by atoms with Gasteiger partial charge in [0.2, 0.25) is 0 Å². The molecule has 0 aliphatic heterocycles. The number of nitrogens with two attached hydrogens (primary N) is 1. The van der Waals surface area contributed by atoms with Crippen molar-refractivity contribution < 1.29 is 8.42 Å². The van der Waals surface area contributed by atoms with Crippen LogP contribution in [-0.2, 0) is 16.6 Å². The van der Waals surface area contributed by atoms with Crippen molar-refractivity contribution in [3.63, 3.8) is 0 Å². The van der Waals surface area contributed by atoms with E-state index in [0.29, 0.717) is 13.0 Å². The van der Waals surface area contributed by atoms with E-state index >= 15 is 0 Å². The first kappa shape index (κ1) is 11.1. The highest BCUT2D eigenvalue weighted by molar-refractivity contribution is 7.87. The van der Waals surface area contributed by atoms with Gasteiger partial charge in [-0.2, -0.15) is 8.42 Å². The summed E-state index contributed by atoms with van der Waals surface area (Å²) in [4.78, 5) is 3.13.